The molecule has 0 radical (unpaired) electrons. The van der Waals surface area contributed by atoms with E-state index >= 15 is 0 Å². The second kappa shape index (κ2) is 11.4. The second-order valence-electron chi connectivity index (χ2n) is 10.00. The summed E-state index contributed by atoms with van der Waals surface area (Å²) >= 11 is 0. The van der Waals surface area contributed by atoms with Crippen molar-refractivity contribution < 1.29 is 58.5 Å². The number of carbonyl (C=O) groups excluding carboxylic acids is 1. The summed E-state index contributed by atoms with van der Waals surface area (Å²) in [6.07, 6.45) is -2.21. The van der Waals surface area contributed by atoms with Gasteiger partial charge < -0.3 is 48.9 Å². The predicted molar refractivity (Wildman–Crippen MR) is 135 cm³/mol. The molecule has 2 aliphatic heterocycles. The minimum Gasteiger partial charge on any atom is -0.492 e. The van der Waals surface area contributed by atoms with Gasteiger partial charge >= 0.3 is 5.97 Å². The molecule has 0 aliphatic carbocycles. The van der Waals surface area contributed by atoms with Crippen LogP contribution in [0.2, 0.25) is 0 Å². The van der Waals surface area contributed by atoms with E-state index in [2.05, 4.69) is 0 Å². The largest absolute Gasteiger partial charge is 0.492 e. The van der Waals surface area contributed by atoms with Crippen LogP contribution in [0.25, 0.3) is 17.0 Å². The van der Waals surface area contributed by atoms with E-state index < -0.39 is 48.9 Å². The predicted octanol–water partition coefficient (Wildman–Crippen LogP) is 1.38. The van der Waals surface area contributed by atoms with Crippen LogP contribution in [0.4, 0.5) is 0 Å². The van der Waals surface area contributed by atoms with Gasteiger partial charge in [0.15, 0.2) is 5.60 Å². The lowest BCUT2D eigenvalue weighted by Gasteiger charge is -2.39. The number of hydrogen-bond acceptors (Lipinski definition) is 11. The number of carboxylic acid groups (broad SMARTS) is 1. The standard InChI is InChI=1S/C27H32O12/c1-13(16-11-20(29)27(2,3)39-16)6-8-36-25-14(4-5-21(30)31)18(10-17-15(25)7-9-35-17)37-26-24(34)23(33)22(32)19(12-28)38-26/h4-5,7,9-11,13,19,22-24,26,28,32-34H,6,8,12H2,1-3H3,(H,30,31)/b5-4-/t13?,19-,22-,23+,24-,26-/m1/s1. The van der Waals surface area contributed by atoms with Gasteiger partial charge in [-0.15, -0.1) is 0 Å². The van der Waals surface area contributed by atoms with E-state index in [1.807, 2.05) is 6.92 Å². The number of hydrogen-bond donors (Lipinski definition) is 5. The summed E-state index contributed by atoms with van der Waals surface area (Å²) in [6.45, 7) is 4.78. The molecule has 212 valence electrons. The fourth-order valence-electron chi connectivity index (χ4n) is 4.33. The molecule has 0 saturated carbocycles. The number of aliphatic hydroxyl groups is 4. The van der Waals surface area contributed by atoms with Gasteiger partial charge in [-0.3, -0.25) is 4.79 Å². The summed E-state index contributed by atoms with van der Waals surface area (Å²) in [7, 11) is 0. The number of ketones is 1. The van der Waals surface area contributed by atoms with Crippen LogP contribution in [-0.2, 0) is 19.1 Å². The molecule has 12 nitrogen and oxygen atoms in total. The lowest BCUT2D eigenvalue weighted by atomic mass is 9.99. The highest BCUT2D eigenvalue weighted by molar-refractivity contribution is 5.98. The monoisotopic (exact) mass is 548 g/mol. The minimum atomic E-state index is -1.69. The molecule has 5 N–H and O–H groups in total. The zero-order valence-corrected chi connectivity index (χ0v) is 21.6. The zero-order valence-electron chi connectivity index (χ0n) is 21.6. The Morgan fingerprint density at radius 3 is 2.59 bits per heavy atom. The summed E-state index contributed by atoms with van der Waals surface area (Å²) < 4.78 is 28.7. The average molecular weight is 549 g/mol. The van der Waals surface area contributed by atoms with E-state index in [1.165, 1.54) is 24.5 Å². The fraction of sp³-hybridized carbons (Fsp3) is 0.481. The first-order valence-corrected chi connectivity index (χ1v) is 12.4. The van der Waals surface area contributed by atoms with E-state index in [0.717, 1.165) is 6.08 Å². The zero-order chi connectivity index (χ0) is 28.5. The number of carboxylic acids is 1. The molecule has 4 rings (SSSR count). The summed E-state index contributed by atoms with van der Waals surface area (Å²) in [5.41, 5.74) is -0.416. The molecule has 2 aliphatic rings. The van der Waals surface area contributed by atoms with Crippen molar-refractivity contribution in [3.8, 4) is 11.5 Å². The third-order valence-electron chi connectivity index (χ3n) is 6.72. The molecule has 6 atom stereocenters. The van der Waals surface area contributed by atoms with Crippen molar-refractivity contribution in [1.82, 2.24) is 0 Å². The Labute approximate surface area is 223 Å². The number of benzene rings is 1. The molecule has 0 spiro atoms. The highest BCUT2D eigenvalue weighted by atomic mass is 16.7. The van der Waals surface area contributed by atoms with Crippen LogP contribution in [0.15, 0.2) is 40.7 Å². The van der Waals surface area contributed by atoms with Crippen LogP contribution in [0.1, 0.15) is 32.8 Å². The molecular formula is C27H32O12. The van der Waals surface area contributed by atoms with Crippen LogP contribution < -0.4 is 9.47 Å². The van der Waals surface area contributed by atoms with Gasteiger partial charge in [-0.25, -0.2) is 4.79 Å². The number of rotatable bonds is 10. The van der Waals surface area contributed by atoms with Gasteiger partial charge in [0, 0.05) is 24.1 Å². The van der Waals surface area contributed by atoms with Crippen molar-refractivity contribution in [2.24, 2.45) is 5.92 Å². The highest BCUT2D eigenvalue weighted by Crippen LogP contribution is 2.40. The van der Waals surface area contributed by atoms with Crippen LogP contribution in [0.3, 0.4) is 0 Å². The van der Waals surface area contributed by atoms with Gasteiger partial charge in [0.25, 0.3) is 0 Å². The lowest BCUT2D eigenvalue weighted by molar-refractivity contribution is -0.277. The maximum absolute atomic E-state index is 12.1. The second-order valence-corrected chi connectivity index (χ2v) is 10.00. The number of furan rings is 1. The Morgan fingerprint density at radius 2 is 1.95 bits per heavy atom. The van der Waals surface area contributed by atoms with Gasteiger partial charge in [0.1, 0.15) is 47.3 Å². The van der Waals surface area contributed by atoms with Crippen LogP contribution in [0.5, 0.6) is 11.5 Å². The first kappa shape index (κ1) is 28.6. The number of aliphatic hydroxyl groups excluding tert-OH is 4. The Balaban J connectivity index is 1.62. The van der Waals surface area contributed by atoms with E-state index in [-0.39, 0.29) is 35.4 Å². The number of carbonyl (C=O) groups is 2. The third kappa shape index (κ3) is 5.94. The lowest BCUT2D eigenvalue weighted by Crippen LogP contribution is -2.60. The van der Waals surface area contributed by atoms with Crippen molar-refractivity contribution in [2.75, 3.05) is 13.2 Å². The molecule has 1 unspecified atom stereocenters. The molecule has 1 aromatic carbocycles. The summed E-state index contributed by atoms with van der Waals surface area (Å²) in [5, 5.41) is 49.9. The van der Waals surface area contributed by atoms with Crippen LogP contribution in [0, 0.1) is 5.92 Å². The maximum Gasteiger partial charge on any atom is 0.328 e. The number of aliphatic carboxylic acids is 1. The SMILES string of the molecule is CC(CCOc1c(/C=C\C(=O)O)c(O[C@@H]2O[C@H](CO)[C@@H](O)[C@H](O)[C@H]2O)cc2occc12)C1=CC(=O)C(C)(C)O1. The minimum absolute atomic E-state index is 0.00323. The normalized spacial score (nSPS) is 27.4. The van der Waals surface area contributed by atoms with E-state index in [9.17, 15) is 35.1 Å². The van der Waals surface area contributed by atoms with E-state index in [1.54, 1.807) is 19.9 Å². The van der Waals surface area contributed by atoms with E-state index in [4.69, 9.17) is 23.4 Å². The molecule has 0 bridgehead atoms. The van der Waals surface area contributed by atoms with Gasteiger partial charge in [0.2, 0.25) is 12.1 Å². The number of allylic oxidation sites excluding steroid dienone is 1. The Kier molecular flexibility index (Phi) is 8.33. The molecular weight excluding hydrogens is 516 g/mol. The van der Waals surface area contributed by atoms with Crippen molar-refractivity contribution in [3.05, 3.63) is 41.9 Å². The molecule has 39 heavy (non-hydrogen) atoms. The topological polar surface area (TPSA) is 185 Å². The smallest absolute Gasteiger partial charge is 0.328 e. The molecule has 3 heterocycles. The van der Waals surface area contributed by atoms with Crippen molar-refractivity contribution in [3.63, 3.8) is 0 Å². The Bertz CT molecular complexity index is 1270. The molecule has 2 aromatic rings. The van der Waals surface area contributed by atoms with Crippen molar-refractivity contribution >= 4 is 28.8 Å². The summed E-state index contributed by atoms with van der Waals surface area (Å²) in [6, 6.07) is 3.08. The van der Waals surface area contributed by atoms with Crippen molar-refractivity contribution in [2.45, 2.75) is 63.5 Å². The van der Waals surface area contributed by atoms with Crippen LogP contribution >= 0.6 is 0 Å². The first-order chi connectivity index (χ1) is 18.4. The Morgan fingerprint density at radius 1 is 1.21 bits per heavy atom. The highest BCUT2D eigenvalue weighted by Gasteiger charge is 2.45. The van der Waals surface area contributed by atoms with Gasteiger partial charge in [-0.05, 0) is 32.4 Å². The number of ether oxygens (including phenoxy) is 4. The van der Waals surface area contributed by atoms with Gasteiger partial charge in [-0.1, -0.05) is 6.92 Å². The summed E-state index contributed by atoms with van der Waals surface area (Å²) in [5.74, 6) is -0.738. The maximum atomic E-state index is 12.1. The average Bonchev–Trinajstić information content (AvgIpc) is 3.46. The van der Waals surface area contributed by atoms with Gasteiger partial charge in [-0.2, -0.15) is 0 Å². The molecule has 1 aromatic heterocycles. The molecule has 12 heteroatoms. The quantitative estimate of drug-likeness (QED) is 0.269. The first-order valence-electron chi connectivity index (χ1n) is 12.4. The third-order valence-corrected chi connectivity index (χ3v) is 6.72. The number of fused-ring (bicyclic) bond motifs is 1. The molecule has 1 saturated heterocycles. The van der Waals surface area contributed by atoms with E-state index in [0.29, 0.717) is 23.1 Å². The fourth-order valence-corrected chi connectivity index (χ4v) is 4.33. The van der Waals surface area contributed by atoms with Gasteiger partial charge in [0.05, 0.1) is 30.4 Å². The van der Waals surface area contributed by atoms with Crippen molar-refractivity contribution in [1.29, 1.82) is 0 Å². The Hall–Kier alpha value is -3.42. The van der Waals surface area contributed by atoms with Crippen LogP contribution in [-0.4, -0.2) is 86.8 Å². The summed E-state index contributed by atoms with van der Waals surface area (Å²) in [4.78, 5) is 23.5. The molecule has 0 amide bonds. The molecule has 1 fully saturated rings.